The van der Waals surface area contributed by atoms with E-state index in [0.717, 1.165) is 10.6 Å². The van der Waals surface area contributed by atoms with Gasteiger partial charge in [-0.15, -0.1) is 0 Å². The molecule has 22 heavy (non-hydrogen) atoms. The highest BCUT2D eigenvalue weighted by molar-refractivity contribution is 6.30. The van der Waals surface area contributed by atoms with Gasteiger partial charge < -0.3 is 4.74 Å². The smallest absolute Gasteiger partial charge is 0.358 e. The van der Waals surface area contributed by atoms with Crippen LogP contribution in [0.4, 0.5) is 0 Å². The van der Waals surface area contributed by atoms with Gasteiger partial charge in [0, 0.05) is 29.8 Å². The van der Waals surface area contributed by atoms with Crippen molar-refractivity contribution < 1.29 is 21.1 Å². The summed E-state index contributed by atoms with van der Waals surface area (Å²) in [7, 11) is 0. The van der Waals surface area contributed by atoms with E-state index in [1.54, 1.807) is 19.1 Å². The number of halogens is 2. The molecule has 7 heteroatoms. The first-order valence-electron chi connectivity index (χ1n) is 6.59. The van der Waals surface area contributed by atoms with Gasteiger partial charge in [0.15, 0.2) is 22.9 Å². The maximum Gasteiger partial charge on any atom is 0.358 e. The van der Waals surface area contributed by atoms with Crippen LogP contribution in [0.1, 0.15) is 17.4 Å². The molecular weight excluding hydrogens is 325 g/mol. The second kappa shape index (κ2) is 5.94. The average Bonchev–Trinajstić information content (AvgIpc) is 2.93. The van der Waals surface area contributed by atoms with E-state index in [9.17, 15) is 4.79 Å². The highest BCUT2D eigenvalue weighted by Crippen LogP contribution is 2.23. The Labute approximate surface area is 136 Å². The SMILES string of the molecule is CCOC(=O)c1cc2nc(-c3ccc([ClH+])cc3)cc(Cl)n2n1. The van der Waals surface area contributed by atoms with Crippen LogP contribution in [0, 0.1) is 11.6 Å². The molecule has 0 bridgehead atoms. The minimum Gasteiger partial charge on any atom is -0.461 e. The molecule has 0 fully saturated rings. The van der Waals surface area contributed by atoms with E-state index in [1.165, 1.54) is 4.52 Å². The Bertz CT molecular complexity index is 844. The molecule has 2 aromatic heterocycles. The number of nitrogens with zero attached hydrogens (tertiary/aromatic N) is 3. The zero-order valence-corrected chi connectivity index (χ0v) is 13.2. The molecule has 0 amide bonds. The molecule has 1 aromatic carbocycles. The summed E-state index contributed by atoms with van der Waals surface area (Å²) in [6.45, 7) is 2.02. The summed E-state index contributed by atoms with van der Waals surface area (Å²) in [5.41, 5.74) is 2.22. The molecule has 0 unspecified atom stereocenters. The maximum atomic E-state index is 11.7. The maximum absolute atomic E-state index is 11.7. The van der Waals surface area contributed by atoms with Gasteiger partial charge in [-0.1, -0.05) is 11.6 Å². The zero-order chi connectivity index (χ0) is 15.7. The molecule has 0 radical (unpaired) electrons. The van der Waals surface area contributed by atoms with Gasteiger partial charge in [-0.25, -0.2) is 14.3 Å². The quantitative estimate of drug-likeness (QED) is 0.545. The summed E-state index contributed by atoms with van der Waals surface area (Å²) in [5.74, 6) is -0.499. The highest BCUT2D eigenvalue weighted by Gasteiger charge is 2.15. The van der Waals surface area contributed by atoms with Crippen LogP contribution in [0.2, 0.25) is 10.2 Å². The fourth-order valence-electron chi connectivity index (χ4n) is 2.02. The Morgan fingerprint density at radius 3 is 2.73 bits per heavy atom. The van der Waals surface area contributed by atoms with E-state index in [1.807, 2.05) is 24.3 Å². The van der Waals surface area contributed by atoms with Gasteiger partial charge in [0.05, 0.1) is 12.3 Å². The van der Waals surface area contributed by atoms with Crippen molar-refractivity contribution in [3.8, 4) is 11.3 Å². The number of rotatable bonds is 3. The molecule has 0 aliphatic carbocycles. The normalized spacial score (nSPS) is 10.9. The number of carbonyl (C=O) groups is 1. The van der Waals surface area contributed by atoms with Crippen molar-refractivity contribution >= 4 is 23.2 Å². The standard InChI is InChI=1S/C15H12Cl2N3O2/c1-2-22-15(21)12-8-14-18-11(7-13(17)20(14)19-12)9-3-5-10(16)6-4-9/h3-8,16H,2H2,1H3/q+1. The van der Waals surface area contributed by atoms with Crippen LogP contribution in [0.5, 0.6) is 0 Å². The molecule has 3 aromatic rings. The first-order chi connectivity index (χ1) is 10.6. The Morgan fingerprint density at radius 1 is 1.32 bits per heavy atom. The lowest BCUT2D eigenvalue weighted by atomic mass is 10.1. The van der Waals surface area contributed by atoms with Gasteiger partial charge in [-0.3, -0.25) is 0 Å². The largest absolute Gasteiger partial charge is 0.461 e. The molecule has 112 valence electrons. The fraction of sp³-hybridized carbons (Fsp3) is 0.133. The number of benzene rings is 1. The van der Waals surface area contributed by atoms with Crippen molar-refractivity contribution in [3.63, 3.8) is 0 Å². The van der Waals surface area contributed by atoms with Crippen LogP contribution in [-0.2, 0) is 4.74 Å². The molecule has 0 saturated heterocycles. The van der Waals surface area contributed by atoms with Crippen LogP contribution in [0.3, 0.4) is 0 Å². The zero-order valence-electron chi connectivity index (χ0n) is 11.6. The summed E-state index contributed by atoms with van der Waals surface area (Å²) in [6, 6.07) is 10.6. The van der Waals surface area contributed by atoms with Crippen LogP contribution in [0.15, 0.2) is 36.4 Å². The van der Waals surface area contributed by atoms with E-state index in [4.69, 9.17) is 27.9 Å². The number of ether oxygens (including phenoxy) is 1. The number of hydrogen-bond donors (Lipinski definition) is 0. The number of hydrogen-bond acceptors (Lipinski definition) is 4. The molecular formula is C15H12Cl2N3O2+. The van der Waals surface area contributed by atoms with Gasteiger partial charge in [0.1, 0.15) is 5.15 Å². The van der Waals surface area contributed by atoms with Crippen molar-refractivity contribution in [3.05, 3.63) is 52.3 Å². The van der Waals surface area contributed by atoms with Gasteiger partial charge in [-0.05, 0) is 19.1 Å². The highest BCUT2D eigenvalue weighted by atomic mass is 35.5. The molecule has 0 spiro atoms. The first kappa shape index (κ1) is 14.8. The van der Waals surface area contributed by atoms with Crippen molar-refractivity contribution in [1.82, 2.24) is 14.6 Å². The van der Waals surface area contributed by atoms with Crippen LogP contribution < -0.4 is 0 Å². The lowest BCUT2D eigenvalue weighted by Gasteiger charge is -2.02. The third kappa shape index (κ3) is 2.77. The third-order valence-electron chi connectivity index (χ3n) is 3.02. The average molecular weight is 337 g/mol. The van der Waals surface area contributed by atoms with E-state index in [0.29, 0.717) is 16.5 Å². The monoisotopic (exact) mass is 336 g/mol. The van der Waals surface area contributed by atoms with Crippen LogP contribution >= 0.6 is 11.6 Å². The summed E-state index contributed by atoms with van der Waals surface area (Å²) in [5, 5.41) is 5.22. The second-order valence-corrected chi connectivity index (χ2v) is 5.37. The number of fused-ring (bicyclic) bond motifs is 1. The van der Waals surface area contributed by atoms with Gasteiger partial charge in [0.2, 0.25) is 5.02 Å². The summed E-state index contributed by atoms with van der Waals surface area (Å²) in [4.78, 5) is 16.2. The van der Waals surface area contributed by atoms with Crippen molar-refractivity contribution in [2.24, 2.45) is 0 Å². The molecule has 0 atom stereocenters. The summed E-state index contributed by atoms with van der Waals surface area (Å²) in [6.07, 6.45) is 0. The van der Waals surface area contributed by atoms with Crippen molar-refractivity contribution in [2.75, 3.05) is 6.61 Å². The Hall–Kier alpha value is -2.11. The van der Waals surface area contributed by atoms with Gasteiger partial charge in [-0.2, -0.15) is 5.10 Å². The summed E-state index contributed by atoms with van der Waals surface area (Å²) < 4.78 is 6.33. The lowest BCUT2D eigenvalue weighted by molar-refractivity contribution is -0.288. The Morgan fingerprint density at radius 2 is 2.05 bits per heavy atom. The van der Waals surface area contributed by atoms with Crippen molar-refractivity contribution in [2.45, 2.75) is 6.92 Å². The molecule has 3 rings (SSSR count). The fourth-order valence-corrected chi connectivity index (χ4v) is 2.38. The van der Waals surface area contributed by atoms with Gasteiger partial charge >= 0.3 is 5.97 Å². The number of esters is 1. The van der Waals surface area contributed by atoms with Crippen LogP contribution in [-0.4, -0.2) is 27.2 Å². The molecule has 0 aliphatic rings. The molecule has 2 heterocycles. The Balaban J connectivity index is 2.08. The Kier molecular flexibility index (Phi) is 4.00. The predicted octanol–water partition coefficient (Wildman–Crippen LogP) is 2.92. The lowest BCUT2D eigenvalue weighted by Crippen LogP contribution is -2.05. The minimum absolute atomic E-state index is 0.175. The molecule has 0 N–H and O–H groups in total. The number of carbonyl (C=O) groups excluding carboxylic acids is 1. The molecule has 5 nitrogen and oxygen atoms in total. The minimum atomic E-state index is -0.499. The first-order valence-corrected chi connectivity index (χ1v) is 7.38. The van der Waals surface area contributed by atoms with E-state index in [2.05, 4.69) is 10.1 Å². The second-order valence-electron chi connectivity index (χ2n) is 4.51. The molecule has 0 saturated carbocycles. The van der Waals surface area contributed by atoms with Gasteiger partial charge in [0.25, 0.3) is 0 Å². The summed E-state index contributed by atoms with van der Waals surface area (Å²) >= 11 is 11.3. The van der Waals surface area contributed by atoms with Crippen LogP contribution in [0.25, 0.3) is 16.9 Å². The predicted molar refractivity (Wildman–Crippen MR) is 79.9 cm³/mol. The van der Waals surface area contributed by atoms with E-state index in [-0.39, 0.29) is 12.3 Å². The van der Waals surface area contributed by atoms with E-state index >= 15 is 0 Å². The number of aromatic nitrogens is 3. The van der Waals surface area contributed by atoms with Crippen molar-refractivity contribution in [1.29, 1.82) is 0 Å². The molecule has 0 aliphatic heterocycles. The topological polar surface area (TPSA) is 56.5 Å². The van der Waals surface area contributed by atoms with E-state index < -0.39 is 5.97 Å². The third-order valence-corrected chi connectivity index (χ3v) is 3.56.